The van der Waals surface area contributed by atoms with E-state index < -0.39 is 0 Å². The Hall–Kier alpha value is -1.39. The highest BCUT2D eigenvalue weighted by Gasteiger charge is 1.93. The Morgan fingerprint density at radius 2 is 2.00 bits per heavy atom. The van der Waals surface area contributed by atoms with Crippen molar-refractivity contribution < 1.29 is 15.0 Å². The number of aliphatic hydroxyl groups excluding tert-OH is 1. The van der Waals surface area contributed by atoms with Crippen LogP contribution in [0.25, 0.3) is 0 Å². The zero-order valence-electron chi connectivity index (χ0n) is 8.05. The molecule has 0 aliphatic carbocycles. The largest absolute Gasteiger partial charge is 0.507 e. The number of carbonyl (C=O) groups is 1. The molecule has 0 bridgehead atoms. The van der Waals surface area contributed by atoms with Crippen LogP contribution in [-0.4, -0.2) is 29.1 Å². The second kappa shape index (κ2) is 7.06. The Morgan fingerprint density at radius 3 is 2.29 bits per heavy atom. The smallest absolute Gasteiger partial charge is 0.153 e. The van der Waals surface area contributed by atoms with Crippen molar-refractivity contribution in [2.75, 3.05) is 6.54 Å². The summed E-state index contributed by atoms with van der Waals surface area (Å²) in [5, 5.41) is 17.1. The van der Waals surface area contributed by atoms with Crippen LogP contribution in [0.4, 0.5) is 0 Å². The molecule has 78 valence electrons. The Kier molecular flexibility index (Phi) is 6.36. The molecule has 4 N–H and O–H groups in total. The van der Waals surface area contributed by atoms with Gasteiger partial charge in [0.05, 0.1) is 11.7 Å². The van der Waals surface area contributed by atoms with Crippen LogP contribution in [0.1, 0.15) is 17.3 Å². The molecule has 1 unspecified atom stereocenters. The molecular formula is C10H15NO3. The van der Waals surface area contributed by atoms with Crippen LogP contribution in [0, 0.1) is 0 Å². The van der Waals surface area contributed by atoms with E-state index in [2.05, 4.69) is 0 Å². The van der Waals surface area contributed by atoms with E-state index in [0.717, 1.165) is 0 Å². The van der Waals surface area contributed by atoms with Crippen molar-refractivity contribution in [3.8, 4) is 5.75 Å². The highest BCUT2D eigenvalue weighted by Crippen LogP contribution is 2.11. The van der Waals surface area contributed by atoms with Gasteiger partial charge in [-0.25, -0.2) is 0 Å². The summed E-state index contributed by atoms with van der Waals surface area (Å²) in [4.78, 5) is 10.1. The molecule has 0 spiro atoms. The maximum Gasteiger partial charge on any atom is 0.153 e. The molecule has 0 radical (unpaired) electrons. The fourth-order valence-corrected chi connectivity index (χ4v) is 0.587. The summed E-state index contributed by atoms with van der Waals surface area (Å²) in [5.74, 6) is 0.0347. The lowest BCUT2D eigenvalue weighted by Crippen LogP contribution is -2.14. The first-order valence-electron chi connectivity index (χ1n) is 4.23. The maximum absolute atomic E-state index is 10.1. The predicted octanol–water partition coefficient (Wildman–Crippen LogP) is 0.531. The molecule has 0 fully saturated rings. The number of rotatable bonds is 2. The van der Waals surface area contributed by atoms with Crippen molar-refractivity contribution >= 4 is 6.29 Å². The zero-order valence-corrected chi connectivity index (χ0v) is 8.05. The molecule has 0 aliphatic heterocycles. The number of para-hydroxylation sites is 1. The lowest BCUT2D eigenvalue weighted by molar-refractivity contribution is 0.112. The van der Waals surface area contributed by atoms with Crippen LogP contribution < -0.4 is 5.73 Å². The SMILES string of the molecule is CC(O)CN.O=Cc1ccccc1O. The summed E-state index contributed by atoms with van der Waals surface area (Å²) >= 11 is 0. The standard InChI is InChI=1S/C7H6O2.C3H9NO/c8-5-6-3-1-2-4-7(6)9;1-3(5)2-4/h1-5,9H;3,5H,2,4H2,1H3. The number of aliphatic hydroxyl groups is 1. The topological polar surface area (TPSA) is 83.5 Å². The van der Waals surface area contributed by atoms with Crippen LogP contribution in [0.5, 0.6) is 5.75 Å². The van der Waals surface area contributed by atoms with E-state index in [1.165, 1.54) is 6.07 Å². The predicted molar refractivity (Wildman–Crippen MR) is 54.2 cm³/mol. The normalized spacial score (nSPS) is 11.1. The van der Waals surface area contributed by atoms with Gasteiger partial charge in [0.1, 0.15) is 5.75 Å². The van der Waals surface area contributed by atoms with E-state index in [1.807, 2.05) is 0 Å². The average molecular weight is 197 g/mol. The Labute approximate surface area is 83.0 Å². The molecule has 4 heteroatoms. The first kappa shape index (κ1) is 12.6. The number of phenolic OH excluding ortho intramolecular Hbond substituents is 1. The van der Waals surface area contributed by atoms with Gasteiger partial charge in [-0.1, -0.05) is 12.1 Å². The zero-order chi connectivity index (χ0) is 11.0. The quantitative estimate of drug-likeness (QED) is 0.604. The van der Waals surface area contributed by atoms with Crippen LogP contribution in [0.2, 0.25) is 0 Å². The number of hydrogen-bond acceptors (Lipinski definition) is 4. The van der Waals surface area contributed by atoms with Gasteiger partial charge in [-0.3, -0.25) is 4.79 Å². The summed E-state index contributed by atoms with van der Waals surface area (Å²) in [7, 11) is 0. The monoisotopic (exact) mass is 197 g/mol. The third-order valence-corrected chi connectivity index (χ3v) is 1.40. The lowest BCUT2D eigenvalue weighted by Gasteiger charge is -1.91. The van der Waals surface area contributed by atoms with E-state index in [-0.39, 0.29) is 11.9 Å². The third kappa shape index (κ3) is 5.29. The van der Waals surface area contributed by atoms with Gasteiger partial charge in [-0.15, -0.1) is 0 Å². The van der Waals surface area contributed by atoms with Gasteiger partial charge in [0.2, 0.25) is 0 Å². The number of aromatic hydroxyl groups is 1. The molecule has 0 amide bonds. The summed E-state index contributed by atoms with van der Waals surface area (Å²) in [6.07, 6.45) is 0.282. The van der Waals surface area contributed by atoms with Gasteiger partial charge in [0, 0.05) is 6.54 Å². The minimum absolute atomic E-state index is 0.0347. The van der Waals surface area contributed by atoms with Crippen molar-refractivity contribution in [1.82, 2.24) is 0 Å². The molecule has 1 rings (SSSR count). The number of hydrogen-bond donors (Lipinski definition) is 3. The van der Waals surface area contributed by atoms with Crippen molar-refractivity contribution in [2.24, 2.45) is 5.73 Å². The van der Waals surface area contributed by atoms with Crippen LogP contribution >= 0.6 is 0 Å². The maximum atomic E-state index is 10.1. The highest BCUT2D eigenvalue weighted by atomic mass is 16.3. The van der Waals surface area contributed by atoms with Crippen LogP contribution in [-0.2, 0) is 0 Å². The molecule has 0 aromatic heterocycles. The van der Waals surface area contributed by atoms with Gasteiger partial charge in [0.25, 0.3) is 0 Å². The molecule has 14 heavy (non-hydrogen) atoms. The number of phenols is 1. The van der Waals surface area contributed by atoms with Gasteiger partial charge in [-0.2, -0.15) is 0 Å². The molecular weight excluding hydrogens is 182 g/mol. The third-order valence-electron chi connectivity index (χ3n) is 1.40. The average Bonchev–Trinajstić information content (AvgIpc) is 2.19. The van der Waals surface area contributed by atoms with E-state index in [4.69, 9.17) is 15.9 Å². The lowest BCUT2D eigenvalue weighted by atomic mass is 10.2. The summed E-state index contributed by atoms with van der Waals surface area (Å²) in [5.41, 5.74) is 5.25. The highest BCUT2D eigenvalue weighted by molar-refractivity contribution is 5.78. The molecule has 0 saturated carbocycles. The van der Waals surface area contributed by atoms with Crippen molar-refractivity contribution in [1.29, 1.82) is 0 Å². The first-order chi connectivity index (χ1) is 6.61. The number of nitrogens with two attached hydrogens (primary N) is 1. The number of aldehydes is 1. The molecule has 0 heterocycles. The van der Waals surface area contributed by atoms with E-state index in [0.29, 0.717) is 18.4 Å². The summed E-state index contributed by atoms with van der Waals surface area (Å²) in [6, 6.07) is 6.40. The van der Waals surface area contributed by atoms with E-state index in [9.17, 15) is 4.79 Å². The fraction of sp³-hybridized carbons (Fsp3) is 0.300. The van der Waals surface area contributed by atoms with Crippen molar-refractivity contribution in [3.05, 3.63) is 29.8 Å². The number of carbonyl (C=O) groups excluding carboxylic acids is 1. The second-order valence-electron chi connectivity index (χ2n) is 2.76. The number of benzene rings is 1. The van der Waals surface area contributed by atoms with E-state index in [1.54, 1.807) is 25.1 Å². The molecule has 1 atom stereocenters. The molecule has 4 nitrogen and oxygen atoms in total. The Balaban J connectivity index is 0.000000292. The van der Waals surface area contributed by atoms with Crippen LogP contribution in [0.15, 0.2) is 24.3 Å². The van der Waals surface area contributed by atoms with Gasteiger partial charge < -0.3 is 15.9 Å². The minimum atomic E-state index is -0.338. The Morgan fingerprint density at radius 1 is 1.50 bits per heavy atom. The molecule has 1 aromatic rings. The Bertz CT molecular complexity index is 274. The molecule has 0 saturated heterocycles. The molecule has 1 aromatic carbocycles. The van der Waals surface area contributed by atoms with Crippen molar-refractivity contribution in [2.45, 2.75) is 13.0 Å². The fourth-order valence-electron chi connectivity index (χ4n) is 0.587. The van der Waals surface area contributed by atoms with Gasteiger partial charge >= 0.3 is 0 Å². The van der Waals surface area contributed by atoms with Gasteiger partial charge in [0.15, 0.2) is 6.29 Å². The summed E-state index contributed by atoms with van der Waals surface area (Å²) in [6.45, 7) is 2.01. The van der Waals surface area contributed by atoms with Crippen LogP contribution in [0.3, 0.4) is 0 Å². The second-order valence-corrected chi connectivity index (χ2v) is 2.76. The van der Waals surface area contributed by atoms with E-state index >= 15 is 0 Å². The molecule has 0 aliphatic rings. The summed E-state index contributed by atoms with van der Waals surface area (Å²) < 4.78 is 0. The van der Waals surface area contributed by atoms with Crippen molar-refractivity contribution in [3.63, 3.8) is 0 Å². The first-order valence-corrected chi connectivity index (χ1v) is 4.23. The minimum Gasteiger partial charge on any atom is -0.507 e. The van der Waals surface area contributed by atoms with Gasteiger partial charge in [-0.05, 0) is 19.1 Å².